The van der Waals surface area contributed by atoms with E-state index < -0.39 is 11.8 Å². The third-order valence-corrected chi connectivity index (χ3v) is 3.61. The molecule has 0 N–H and O–H groups in total. The van der Waals surface area contributed by atoms with Gasteiger partial charge in [-0.05, 0) is 44.2 Å². The topological polar surface area (TPSA) is 57.1 Å². The smallest absolute Gasteiger partial charge is 0.363 e. The van der Waals surface area contributed by atoms with E-state index in [4.69, 9.17) is 14.2 Å². The van der Waals surface area contributed by atoms with Gasteiger partial charge in [-0.25, -0.2) is 14.2 Å². The molecular formula is C20H18FNO4. The van der Waals surface area contributed by atoms with Crippen LogP contribution in [0.15, 0.2) is 53.2 Å². The summed E-state index contributed by atoms with van der Waals surface area (Å²) in [4.78, 5) is 16.3. The molecule has 3 rings (SSSR count). The molecule has 1 aliphatic heterocycles. The maximum Gasteiger partial charge on any atom is 0.363 e. The molecule has 0 unspecified atom stereocenters. The summed E-state index contributed by atoms with van der Waals surface area (Å²) in [6.45, 7) is 4.75. The fraction of sp³-hybridized carbons (Fsp3) is 0.200. The number of halogens is 1. The van der Waals surface area contributed by atoms with Crippen LogP contribution in [-0.4, -0.2) is 25.1 Å². The maximum absolute atomic E-state index is 13.9. The minimum Gasteiger partial charge on any atom is -0.494 e. The number of carbonyl (C=O) groups excluding carboxylic acids is 1. The molecule has 0 saturated carbocycles. The molecule has 5 nitrogen and oxygen atoms in total. The van der Waals surface area contributed by atoms with Crippen LogP contribution in [0.2, 0.25) is 0 Å². The van der Waals surface area contributed by atoms with Crippen LogP contribution in [0.1, 0.15) is 25.0 Å². The van der Waals surface area contributed by atoms with Gasteiger partial charge in [0.15, 0.2) is 5.70 Å². The van der Waals surface area contributed by atoms with Gasteiger partial charge in [-0.15, -0.1) is 0 Å². The van der Waals surface area contributed by atoms with E-state index in [2.05, 4.69) is 4.99 Å². The van der Waals surface area contributed by atoms with Crippen molar-refractivity contribution >= 4 is 17.9 Å². The molecule has 6 heteroatoms. The summed E-state index contributed by atoms with van der Waals surface area (Å²) in [7, 11) is 0. The average molecular weight is 355 g/mol. The lowest BCUT2D eigenvalue weighted by atomic mass is 10.1. The van der Waals surface area contributed by atoms with Crippen molar-refractivity contribution in [3.05, 3.63) is 65.1 Å². The van der Waals surface area contributed by atoms with E-state index >= 15 is 0 Å². The van der Waals surface area contributed by atoms with Crippen molar-refractivity contribution in [1.82, 2.24) is 0 Å². The van der Waals surface area contributed by atoms with E-state index in [1.165, 1.54) is 12.1 Å². The Hall–Kier alpha value is -3.15. The molecule has 0 saturated heterocycles. The van der Waals surface area contributed by atoms with Gasteiger partial charge in [0, 0.05) is 11.6 Å². The number of carbonyl (C=O) groups is 1. The predicted octanol–water partition coefficient (Wildman–Crippen LogP) is 3.97. The largest absolute Gasteiger partial charge is 0.494 e. The Balaban J connectivity index is 1.96. The number of cyclic esters (lactones) is 1. The zero-order valence-electron chi connectivity index (χ0n) is 14.5. The number of nitrogens with zero attached hydrogens (tertiary/aromatic N) is 1. The van der Waals surface area contributed by atoms with Crippen LogP contribution in [0.25, 0.3) is 6.08 Å². The summed E-state index contributed by atoms with van der Waals surface area (Å²) in [6.07, 6.45) is 1.55. The van der Waals surface area contributed by atoms with Crippen molar-refractivity contribution in [2.45, 2.75) is 13.8 Å². The van der Waals surface area contributed by atoms with E-state index in [0.29, 0.717) is 30.3 Å². The summed E-state index contributed by atoms with van der Waals surface area (Å²) in [5.74, 6) is 0.0372. The molecule has 0 aliphatic carbocycles. The Labute approximate surface area is 150 Å². The van der Waals surface area contributed by atoms with Gasteiger partial charge in [0.05, 0.1) is 18.8 Å². The number of ether oxygens (including phenoxy) is 3. The quantitative estimate of drug-likeness (QED) is 0.581. The SMILES string of the molecule is CCOc1ccc(/C=C2\N=C(c3ccccc3F)OC2=O)c(OCC)c1. The molecule has 26 heavy (non-hydrogen) atoms. The van der Waals surface area contributed by atoms with Crippen LogP contribution in [0, 0.1) is 5.82 Å². The third kappa shape index (κ3) is 3.74. The lowest BCUT2D eigenvalue weighted by Gasteiger charge is -2.10. The molecule has 0 bridgehead atoms. The number of rotatable bonds is 6. The monoisotopic (exact) mass is 355 g/mol. The third-order valence-electron chi connectivity index (χ3n) is 3.61. The maximum atomic E-state index is 13.9. The van der Waals surface area contributed by atoms with Gasteiger partial charge in [-0.2, -0.15) is 0 Å². The van der Waals surface area contributed by atoms with E-state index in [9.17, 15) is 9.18 Å². The Morgan fingerprint density at radius 1 is 1.12 bits per heavy atom. The highest BCUT2D eigenvalue weighted by atomic mass is 19.1. The van der Waals surface area contributed by atoms with Crippen LogP contribution >= 0.6 is 0 Å². The Kier molecular flexibility index (Phi) is 5.31. The van der Waals surface area contributed by atoms with Gasteiger partial charge in [-0.1, -0.05) is 12.1 Å². The number of hydrogen-bond acceptors (Lipinski definition) is 5. The molecular weight excluding hydrogens is 337 g/mol. The first-order valence-electron chi connectivity index (χ1n) is 8.29. The lowest BCUT2D eigenvalue weighted by Crippen LogP contribution is -2.07. The van der Waals surface area contributed by atoms with Gasteiger partial charge in [0.25, 0.3) is 0 Å². The zero-order valence-corrected chi connectivity index (χ0v) is 14.5. The Bertz CT molecular complexity index is 889. The molecule has 1 aliphatic rings. The van der Waals surface area contributed by atoms with Crippen molar-refractivity contribution in [2.75, 3.05) is 13.2 Å². The molecule has 2 aromatic carbocycles. The highest BCUT2D eigenvalue weighted by Crippen LogP contribution is 2.29. The second-order valence-corrected chi connectivity index (χ2v) is 5.38. The highest BCUT2D eigenvalue weighted by molar-refractivity contribution is 6.13. The van der Waals surface area contributed by atoms with Gasteiger partial charge in [-0.3, -0.25) is 0 Å². The molecule has 1 heterocycles. The summed E-state index contributed by atoms with van der Waals surface area (Å²) in [5.41, 5.74) is 0.870. The van der Waals surface area contributed by atoms with Crippen LogP contribution < -0.4 is 9.47 Å². The highest BCUT2D eigenvalue weighted by Gasteiger charge is 2.26. The first kappa shape index (κ1) is 17.7. The van der Waals surface area contributed by atoms with Crippen LogP contribution in [0.5, 0.6) is 11.5 Å². The van der Waals surface area contributed by atoms with Crippen molar-refractivity contribution in [1.29, 1.82) is 0 Å². The number of hydrogen-bond donors (Lipinski definition) is 0. The van der Waals surface area contributed by atoms with Gasteiger partial charge < -0.3 is 14.2 Å². The fourth-order valence-electron chi connectivity index (χ4n) is 2.48. The predicted molar refractivity (Wildman–Crippen MR) is 95.8 cm³/mol. The molecule has 0 spiro atoms. The summed E-state index contributed by atoms with van der Waals surface area (Å²) in [5, 5.41) is 0. The first-order valence-corrected chi connectivity index (χ1v) is 8.29. The van der Waals surface area contributed by atoms with Gasteiger partial charge in [0.1, 0.15) is 17.3 Å². The molecule has 0 radical (unpaired) electrons. The number of benzene rings is 2. The molecule has 0 amide bonds. The van der Waals surface area contributed by atoms with E-state index in [-0.39, 0.29) is 17.2 Å². The normalized spacial score (nSPS) is 15.0. The minimum absolute atomic E-state index is 0.0525. The Morgan fingerprint density at radius 3 is 2.62 bits per heavy atom. The zero-order chi connectivity index (χ0) is 18.5. The van der Waals surface area contributed by atoms with E-state index in [0.717, 1.165) is 0 Å². The summed E-state index contributed by atoms with van der Waals surface area (Å²) >= 11 is 0. The lowest BCUT2D eigenvalue weighted by molar-refractivity contribution is -0.129. The van der Waals surface area contributed by atoms with Crippen molar-refractivity contribution in [3.63, 3.8) is 0 Å². The second-order valence-electron chi connectivity index (χ2n) is 5.38. The van der Waals surface area contributed by atoms with Crippen molar-refractivity contribution in [2.24, 2.45) is 4.99 Å². The number of aliphatic imine (C=N–C) groups is 1. The van der Waals surface area contributed by atoms with Crippen molar-refractivity contribution < 1.29 is 23.4 Å². The van der Waals surface area contributed by atoms with Gasteiger partial charge >= 0.3 is 5.97 Å². The summed E-state index contributed by atoms with van der Waals surface area (Å²) in [6, 6.07) is 11.3. The van der Waals surface area contributed by atoms with E-state index in [1.54, 1.807) is 36.4 Å². The molecule has 0 fully saturated rings. The van der Waals surface area contributed by atoms with Crippen LogP contribution in [-0.2, 0) is 9.53 Å². The van der Waals surface area contributed by atoms with Gasteiger partial charge in [0.2, 0.25) is 5.90 Å². The second kappa shape index (κ2) is 7.82. The molecule has 2 aromatic rings. The molecule has 0 atom stereocenters. The molecule has 134 valence electrons. The Morgan fingerprint density at radius 2 is 1.88 bits per heavy atom. The van der Waals surface area contributed by atoms with E-state index in [1.807, 2.05) is 13.8 Å². The van der Waals surface area contributed by atoms with Crippen molar-refractivity contribution in [3.8, 4) is 11.5 Å². The van der Waals surface area contributed by atoms with Crippen LogP contribution in [0.4, 0.5) is 4.39 Å². The standard InChI is InChI=1S/C20H18FNO4/c1-3-24-14-10-9-13(18(12-14)25-4-2)11-17-20(23)26-19(22-17)15-7-5-6-8-16(15)21/h5-12H,3-4H2,1-2H3/b17-11-. The fourth-order valence-corrected chi connectivity index (χ4v) is 2.48. The number of esters is 1. The minimum atomic E-state index is -0.639. The molecule has 0 aromatic heterocycles. The average Bonchev–Trinajstić information content (AvgIpc) is 2.98. The van der Waals surface area contributed by atoms with Crippen LogP contribution in [0.3, 0.4) is 0 Å². The first-order chi connectivity index (χ1) is 12.6. The summed E-state index contributed by atoms with van der Waals surface area (Å²) < 4.78 is 30.1.